The third-order valence-corrected chi connectivity index (χ3v) is 10.2. The minimum Gasteiger partial charge on any atom is -0.393 e. The zero-order valence-corrected chi connectivity index (χ0v) is 32.0. The van der Waals surface area contributed by atoms with E-state index < -0.39 is 35.7 Å². The van der Waals surface area contributed by atoms with Gasteiger partial charge in [-0.05, 0) is 63.2 Å². The first-order valence-electron chi connectivity index (χ1n) is 20.5. The molecule has 0 amide bonds. The van der Waals surface area contributed by atoms with Gasteiger partial charge in [-0.3, -0.25) is 19.2 Å². The van der Waals surface area contributed by atoms with Crippen molar-refractivity contribution in [3.8, 4) is 0 Å². The molecular formula is C42H70O8. The Morgan fingerprint density at radius 3 is 1.24 bits per heavy atom. The molecule has 0 aromatic carbocycles. The van der Waals surface area contributed by atoms with E-state index in [1.807, 2.05) is 0 Å². The van der Waals surface area contributed by atoms with Gasteiger partial charge in [0.05, 0.1) is 36.9 Å². The Hall–Kier alpha value is -2.32. The maximum atomic E-state index is 12.6. The van der Waals surface area contributed by atoms with E-state index in [4.69, 9.17) is 19.2 Å². The van der Waals surface area contributed by atoms with Crippen LogP contribution in [-0.4, -0.2) is 36.1 Å². The van der Waals surface area contributed by atoms with Gasteiger partial charge in [-0.1, -0.05) is 142 Å². The number of hydrogen-bond acceptors (Lipinski definition) is 8. The molecule has 6 atom stereocenters. The van der Waals surface area contributed by atoms with Gasteiger partial charge in [-0.15, -0.1) is 0 Å². The number of allylic oxidation sites excluding steroid dienone is 4. The van der Waals surface area contributed by atoms with Crippen molar-refractivity contribution in [1.82, 2.24) is 0 Å². The summed E-state index contributed by atoms with van der Waals surface area (Å²) in [6.45, 7) is 8.70. The second-order valence-corrected chi connectivity index (χ2v) is 14.7. The van der Waals surface area contributed by atoms with Crippen molar-refractivity contribution in [2.75, 3.05) is 0 Å². The Bertz CT molecular complexity index is 939. The lowest BCUT2D eigenvalue weighted by atomic mass is 9.85. The molecule has 2 heterocycles. The second-order valence-electron chi connectivity index (χ2n) is 14.7. The SMILES string of the molecule is CCC/C=C/C(CCC(CCCCCCCC)OOC(CCCCCCCC)CCC(/C=C/CCC)C1CC(=O)OC1=O)C1CC(=O)OC1=O. The van der Waals surface area contributed by atoms with Gasteiger partial charge < -0.3 is 9.47 Å². The van der Waals surface area contributed by atoms with E-state index in [1.54, 1.807) is 0 Å². The van der Waals surface area contributed by atoms with Gasteiger partial charge in [0, 0.05) is 0 Å². The highest BCUT2D eigenvalue weighted by Crippen LogP contribution is 2.33. The van der Waals surface area contributed by atoms with Crippen LogP contribution in [0, 0.1) is 23.7 Å². The second kappa shape index (κ2) is 27.3. The molecule has 2 saturated heterocycles. The minimum absolute atomic E-state index is 0.0837. The van der Waals surface area contributed by atoms with Gasteiger partial charge in [0.15, 0.2) is 0 Å². The van der Waals surface area contributed by atoms with Crippen molar-refractivity contribution in [3.63, 3.8) is 0 Å². The molecule has 2 aliphatic rings. The van der Waals surface area contributed by atoms with Crippen molar-refractivity contribution >= 4 is 23.9 Å². The highest BCUT2D eigenvalue weighted by molar-refractivity contribution is 5.95. The average Bonchev–Trinajstić information content (AvgIpc) is 3.62. The fourth-order valence-electron chi connectivity index (χ4n) is 7.08. The van der Waals surface area contributed by atoms with Crippen molar-refractivity contribution < 1.29 is 38.4 Å². The van der Waals surface area contributed by atoms with Crippen LogP contribution in [0.5, 0.6) is 0 Å². The average molecular weight is 703 g/mol. The number of unbranched alkanes of at least 4 members (excludes halogenated alkanes) is 12. The van der Waals surface area contributed by atoms with Gasteiger partial charge >= 0.3 is 23.9 Å². The van der Waals surface area contributed by atoms with Crippen LogP contribution in [0.15, 0.2) is 24.3 Å². The van der Waals surface area contributed by atoms with Crippen LogP contribution in [0.25, 0.3) is 0 Å². The first-order chi connectivity index (χ1) is 24.3. The Morgan fingerprint density at radius 2 is 0.900 bits per heavy atom. The summed E-state index contributed by atoms with van der Waals surface area (Å²) in [4.78, 5) is 61.7. The topological polar surface area (TPSA) is 105 Å². The largest absolute Gasteiger partial charge is 0.393 e. The maximum absolute atomic E-state index is 12.6. The molecular weight excluding hydrogens is 632 g/mol. The van der Waals surface area contributed by atoms with Crippen LogP contribution in [-0.2, 0) is 38.4 Å². The van der Waals surface area contributed by atoms with Gasteiger partial charge in [-0.2, -0.15) is 0 Å². The van der Waals surface area contributed by atoms with Crippen LogP contribution >= 0.6 is 0 Å². The Labute approximate surface area is 303 Å². The smallest absolute Gasteiger partial charge is 0.317 e. The maximum Gasteiger partial charge on any atom is 0.317 e. The molecule has 2 fully saturated rings. The van der Waals surface area contributed by atoms with Gasteiger partial charge in [0.2, 0.25) is 0 Å². The summed E-state index contributed by atoms with van der Waals surface area (Å²) in [7, 11) is 0. The summed E-state index contributed by atoms with van der Waals surface area (Å²) in [5.74, 6) is -2.77. The first-order valence-corrected chi connectivity index (χ1v) is 20.5. The molecule has 0 bridgehead atoms. The van der Waals surface area contributed by atoms with E-state index >= 15 is 0 Å². The summed E-state index contributed by atoms with van der Waals surface area (Å²) in [6.07, 6.45) is 31.1. The lowest BCUT2D eigenvalue weighted by Gasteiger charge is -2.25. The quantitative estimate of drug-likeness (QED) is 0.0175. The monoisotopic (exact) mass is 703 g/mol. The highest BCUT2D eigenvalue weighted by Gasteiger charge is 2.39. The summed E-state index contributed by atoms with van der Waals surface area (Å²) in [5, 5.41) is 0. The third kappa shape index (κ3) is 18.3. The fraction of sp³-hybridized carbons (Fsp3) is 0.810. The van der Waals surface area contributed by atoms with E-state index in [2.05, 4.69) is 52.0 Å². The molecule has 0 spiro atoms. The molecule has 0 aliphatic carbocycles. The van der Waals surface area contributed by atoms with Crippen molar-refractivity contribution in [1.29, 1.82) is 0 Å². The molecule has 8 nitrogen and oxygen atoms in total. The number of carbonyl (C=O) groups is 4. The number of ether oxygens (including phenoxy) is 2. The molecule has 0 N–H and O–H groups in total. The van der Waals surface area contributed by atoms with E-state index in [0.717, 1.165) is 77.0 Å². The number of carbonyl (C=O) groups excluding carboxylic acids is 4. The standard InChI is InChI=1S/C42H70O8/c1-5-9-13-15-17-21-25-35(29-27-33(23-19-11-7-3)37-31-39(43)47-41(37)45)49-50-36(26-22-18-16-14-10-6-2)30-28-34(24-20-12-8-4)38-32-40(44)48-42(38)46/h19-20,23-24,33-38H,5-18,21-22,25-32H2,1-4H3/b23-19+,24-20+. The fourth-order valence-corrected chi connectivity index (χ4v) is 7.08. The predicted molar refractivity (Wildman–Crippen MR) is 198 cm³/mol. The molecule has 286 valence electrons. The zero-order chi connectivity index (χ0) is 36.4. The summed E-state index contributed by atoms with van der Waals surface area (Å²) in [5.41, 5.74) is 0. The van der Waals surface area contributed by atoms with Crippen LogP contribution in [0.3, 0.4) is 0 Å². The normalized spacial score (nSPS) is 20.6. The van der Waals surface area contributed by atoms with E-state index in [1.165, 1.54) is 51.4 Å². The van der Waals surface area contributed by atoms with Crippen LogP contribution in [0.1, 0.15) is 182 Å². The molecule has 0 radical (unpaired) electrons. The van der Waals surface area contributed by atoms with Crippen LogP contribution < -0.4 is 0 Å². The molecule has 6 unspecified atom stereocenters. The summed E-state index contributed by atoms with van der Waals surface area (Å²) < 4.78 is 9.87. The number of cyclic esters (lactones) is 4. The van der Waals surface area contributed by atoms with Crippen molar-refractivity contribution in [2.24, 2.45) is 23.7 Å². The molecule has 0 aromatic heterocycles. The third-order valence-electron chi connectivity index (χ3n) is 10.2. The Morgan fingerprint density at radius 1 is 0.520 bits per heavy atom. The molecule has 50 heavy (non-hydrogen) atoms. The highest BCUT2D eigenvalue weighted by atomic mass is 17.2. The molecule has 2 rings (SSSR count). The number of rotatable bonds is 31. The first kappa shape index (κ1) is 43.8. The zero-order valence-electron chi connectivity index (χ0n) is 32.0. The Kier molecular flexibility index (Phi) is 24.0. The van der Waals surface area contributed by atoms with E-state index in [9.17, 15) is 19.2 Å². The molecule has 0 saturated carbocycles. The number of hydrogen-bond donors (Lipinski definition) is 0. The van der Waals surface area contributed by atoms with Crippen LogP contribution in [0.4, 0.5) is 0 Å². The predicted octanol–water partition coefficient (Wildman–Crippen LogP) is 10.9. The van der Waals surface area contributed by atoms with E-state index in [-0.39, 0.29) is 36.9 Å². The van der Waals surface area contributed by atoms with Crippen molar-refractivity contribution in [3.05, 3.63) is 24.3 Å². The lowest BCUT2D eigenvalue weighted by Crippen LogP contribution is -2.25. The minimum atomic E-state index is -0.446. The molecule has 0 aromatic rings. The van der Waals surface area contributed by atoms with Gasteiger partial charge in [0.1, 0.15) is 0 Å². The summed E-state index contributed by atoms with van der Waals surface area (Å²) in [6, 6.07) is 0. The molecule has 8 heteroatoms. The van der Waals surface area contributed by atoms with E-state index in [0.29, 0.717) is 12.8 Å². The van der Waals surface area contributed by atoms with Crippen LogP contribution in [0.2, 0.25) is 0 Å². The van der Waals surface area contributed by atoms with Crippen molar-refractivity contribution in [2.45, 2.75) is 194 Å². The summed E-state index contributed by atoms with van der Waals surface area (Å²) >= 11 is 0. The Balaban J connectivity index is 2.14. The number of esters is 4. The van der Waals surface area contributed by atoms with Gasteiger partial charge in [0.25, 0.3) is 0 Å². The van der Waals surface area contributed by atoms with Gasteiger partial charge in [-0.25, -0.2) is 9.78 Å². The molecule has 2 aliphatic heterocycles. The lowest BCUT2D eigenvalue weighted by molar-refractivity contribution is -0.355.